The van der Waals surface area contributed by atoms with E-state index >= 15 is 0 Å². The van der Waals surface area contributed by atoms with Crippen LogP contribution < -0.4 is 11.1 Å². The summed E-state index contributed by atoms with van der Waals surface area (Å²) in [6, 6.07) is 7.55. The molecule has 22 heavy (non-hydrogen) atoms. The van der Waals surface area contributed by atoms with E-state index in [1.807, 2.05) is 36.1 Å². The van der Waals surface area contributed by atoms with Crippen LogP contribution >= 0.6 is 0 Å². The summed E-state index contributed by atoms with van der Waals surface area (Å²) in [5, 5.41) is 2.74. The molecule has 2 rings (SSSR count). The SMILES string of the molecule is CC(=O)NCc1ccc(C(=O)N2CCC[C@H]([C@@H](C)N)C2)cc1. The van der Waals surface area contributed by atoms with Crippen LogP contribution in [0.25, 0.3) is 0 Å². The highest BCUT2D eigenvalue weighted by Crippen LogP contribution is 2.20. The van der Waals surface area contributed by atoms with Crippen LogP contribution in [0.15, 0.2) is 24.3 Å². The first-order valence-corrected chi connectivity index (χ1v) is 7.85. The zero-order chi connectivity index (χ0) is 16.1. The number of hydrogen-bond donors (Lipinski definition) is 2. The fourth-order valence-corrected chi connectivity index (χ4v) is 2.80. The van der Waals surface area contributed by atoms with Crippen molar-refractivity contribution in [2.75, 3.05) is 13.1 Å². The Hall–Kier alpha value is -1.88. The first-order valence-electron chi connectivity index (χ1n) is 7.85. The molecule has 1 heterocycles. The number of nitrogens with one attached hydrogen (secondary N) is 1. The molecule has 1 aromatic rings. The number of rotatable bonds is 4. The summed E-state index contributed by atoms with van der Waals surface area (Å²) in [6.45, 7) is 5.53. The summed E-state index contributed by atoms with van der Waals surface area (Å²) in [7, 11) is 0. The van der Waals surface area contributed by atoms with Gasteiger partial charge in [-0.1, -0.05) is 12.1 Å². The first kappa shape index (κ1) is 16.5. The van der Waals surface area contributed by atoms with Crippen molar-refractivity contribution in [3.8, 4) is 0 Å². The fraction of sp³-hybridized carbons (Fsp3) is 0.529. The smallest absolute Gasteiger partial charge is 0.253 e. The quantitative estimate of drug-likeness (QED) is 0.885. The zero-order valence-corrected chi connectivity index (χ0v) is 13.3. The predicted octanol–water partition coefficient (Wildman–Crippen LogP) is 1.52. The molecule has 0 saturated carbocycles. The molecule has 120 valence electrons. The molecule has 5 nitrogen and oxygen atoms in total. The number of amides is 2. The van der Waals surface area contributed by atoms with Crippen molar-refractivity contribution in [1.29, 1.82) is 0 Å². The molecular weight excluding hydrogens is 278 g/mol. The Morgan fingerprint density at radius 2 is 2.05 bits per heavy atom. The van der Waals surface area contributed by atoms with Crippen LogP contribution in [0.2, 0.25) is 0 Å². The Kier molecular flexibility index (Phi) is 5.55. The van der Waals surface area contributed by atoms with Gasteiger partial charge in [-0.2, -0.15) is 0 Å². The van der Waals surface area contributed by atoms with Gasteiger partial charge >= 0.3 is 0 Å². The topological polar surface area (TPSA) is 75.4 Å². The van der Waals surface area contributed by atoms with E-state index < -0.39 is 0 Å². The van der Waals surface area contributed by atoms with Crippen molar-refractivity contribution in [3.63, 3.8) is 0 Å². The number of hydrogen-bond acceptors (Lipinski definition) is 3. The van der Waals surface area contributed by atoms with E-state index in [1.165, 1.54) is 6.92 Å². The van der Waals surface area contributed by atoms with Crippen LogP contribution in [0.4, 0.5) is 0 Å². The van der Waals surface area contributed by atoms with Crippen molar-refractivity contribution in [1.82, 2.24) is 10.2 Å². The summed E-state index contributed by atoms with van der Waals surface area (Å²) in [5.74, 6) is 0.392. The molecule has 2 atom stereocenters. The molecule has 0 unspecified atom stereocenters. The molecule has 2 amide bonds. The monoisotopic (exact) mass is 303 g/mol. The van der Waals surface area contributed by atoms with Crippen LogP contribution in [0.3, 0.4) is 0 Å². The van der Waals surface area contributed by atoms with Crippen molar-refractivity contribution in [3.05, 3.63) is 35.4 Å². The van der Waals surface area contributed by atoms with Gasteiger partial charge in [0.1, 0.15) is 0 Å². The minimum Gasteiger partial charge on any atom is -0.352 e. The number of benzene rings is 1. The molecule has 5 heteroatoms. The van der Waals surface area contributed by atoms with Gasteiger partial charge in [0.05, 0.1) is 0 Å². The Morgan fingerprint density at radius 3 is 2.64 bits per heavy atom. The van der Waals surface area contributed by atoms with Crippen LogP contribution in [0, 0.1) is 5.92 Å². The second-order valence-corrected chi connectivity index (χ2v) is 6.12. The Balaban J connectivity index is 1.98. The van der Waals surface area contributed by atoms with Crippen molar-refractivity contribution in [2.45, 2.75) is 39.3 Å². The molecule has 3 N–H and O–H groups in total. The maximum Gasteiger partial charge on any atom is 0.253 e. The van der Waals surface area contributed by atoms with Gasteiger partial charge < -0.3 is 16.0 Å². The lowest BCUT2D eigenvalue weighted by Gasteiger charge is -2.34. The van der Waals surface area contributed by atoms with Crippen molar-refractivity contribution in [2.24, 2.45) is 11.7 Å². The number of nitrogens with zero attached hydrogens (tertiary/aromatic N) is 1. The maximum atomic E-state index is 12.6. The van der Waals surface area contributed by atoms with Gasteiger partial charge in [-0.15, -0.1) is 0 Å². The van der Waals surface area contributed by atoms with Gasteiger partial charge in [-0.25, -0.2) is 0 Å². The number of carbonyl (C=O) groups excluding carboxylic acids is 2. The molecular formula is C17H25N3O2. The second kappa shape index (κ2) is 7.40. The van der Waals surface area contributed by atoms with E-state index in [2.05, 4.69) is 5.32 Å². The van der Waals surface area contributed by atoms with Crippen LogP contribution in [0.1, 0.15) is 42.6 Å². The zero-order valence-electron chi connectivity index (χ0n) is 13.3. The number of carbonyl (C=O) groups is 2. The highest BCUT2D eigenvalue weighted by molar-refractivity contribution is 5.94. The fourth-order valence-electron chi connectivity index (χ4n) is 2.80. The standard InChI is InChI=1S/C17H25N3O2/c1-12(18)16-4-3-9-20(11-16)17(22)15-7-5-14(6-8-15)10-19-13(2)21/h5-8,12,16H,3-4,9-11,18H2,1-2H3,(H,19,21)/t12-,16+/m1/s1. The lowest BCUT2D eigenvalue weighted by molar-refractivity contribution is -0.119. The van der Waals surface area contributed by atoms with E-state index in [0.717, 1.165) is 31.5 Å². The predicted molar refractivity (Wildman–Crippen MR) is 86.2 cm³/mol. The molecule has 0 bridgehead atoms. The molecule has 1 aliphatic rings. The van der Waals surface area contributed by atoms with Crippen LogP contribution in [-0.2, 0) is 11.3 Å². The Bertz CT molecular complexity index is 525. The largest absolute Gasteiger partial charge is 0.352 e. The Morgan fingerprint density at radius 1 is 1.36 bits per heavy atom. The summed E-state index contributed by atoms with van der Waals surface area (Å²) >= 11 is 0. The van der Waals surface area contributed by atoms with Gasteiger partial charge in [0.25, 0.3) is 5.91 Å². The molecule has 0 aromatic heterocycles. The number of nitrogens with two attached hydrogens (primary N) is 1. The van der Waals surface area contributed by atoms with Gasteiger partial charge in [0, 0.05) is 38.2 Å². The average molecular weight is 303 g/mol. The number of likely N-dealkylation sites (tertiary alicyclic amines) is 1. The molecule has 0 spiro atoms. The number of piperidine rings is 1. The van der Waals surface area contributed by atoms with E-state index in [0.29, 0.717) is 18.0 Å². The van der Waals surface area contributed by atoms with Crippen LogP contribution in [0.5, 0.6) is 0 Å². The third-order valence-corrected chi connectivity index (χ3v) is 4.23. The molecule has 0 radical (unpaired) electrons. The van der Waals surface area contributed by atoms with E-state index in [-0.39, 0.29) is 17.9 Å². The summed E-state index contributed by atoms with van der Waals surface area (Å²) < 4.78 is 0. The highest BCUT2D eigenvalue weighted by Gasteiger charge is 2.26. The summed E-state index contributed by atoms with van der Waals surface area (Å²) in [5.41, 5.74) is 7.65. The van der Waals surface area contributed by atoms with Gasteiger partial charge in [0.15, 0.2) is 0 Å². The minimum absolute atomic E-state index is 0.0598. The second-order valence-electron chi connectivity index (χ2n) is 6.12. The Labute approximate surface area is 131 Å². The lowest BCUT2D eigenvalue weighted by atomic mass is 9.92. The normalized spacial score (nSPS) is 19.6. The lowest BCUT2D eigenvalue weighted by Crippen LogP contribution is -2.45. The minimum atomic E-state index is -0.0598. The van der Waals surface area contributed by atoms with Gasteiger partial charge in [0.2, 0.25) is 5.91 Å². The third kappa shape index (κ3) is 4.31. The van der Waals surface area contributed by atoms with E-state index in [4.69, 9.17) is 5.73 Å². The first-order chi connectivity index (χ1) is 10.5. The van der Waals surface area contributed by atoms with E-state index in [1.54, 1.807) is 0 Å². The molecule has 1 aliphatic heterocycles. The maximum absolute atomic E-state index is 12.6. The molecule has 1 aromatic carbocycles. The summed E-state index contributed by atoms with van der Waals surface area (Å²) in [6.07, 6.45) is 2.11. The third-order valence-electron chi connectivity index (χ3n) is 4.23. The summed E-state index contributed by atoms with van der Waals surface area (Å²) in [4.78, 5) is 25.4. The van der Waals surface area contributed by atoms with E-state index in [9.17, 15) is 9.59 Å². The molecule has 1 saturated heterocycles. The van der Waals surface area contributed by atoms with Gasteiger partial charge in [-0.05, 0) is 43.4 Å². The average Bonchev–Trinajstić information content (AvgIpc) is 2.53. The highest BCUT2D eigenvalue weighted by atomic mass is 16.2. The van der Waals surface area contributed by atoms with Crippen molar-refractivity contribution < 1.29 is 9.59 Å². The molecule has 0 aliphatic carbocycles. The van der Waals surface area contributed by atoms with Crippen LogP contribution in [-0.4, -0.2) is 35.8 Å². The molecule has 1 fully saturated rings. The van der Waals surface area contributed by atoms with Crippen molar-refractivity contribution >= 4 is 11.8 Å². The van der Waals surface area contributed by atoms with Gasteiger partial charge in [-0.3, -0.25) is 9.59 Å².